The molecule has 2 rings (SSSR count). The molecule has 0 bridgehead atoms. The summed E-state index contributed by atoms with van der Waals surface area (Å²) in [7, 11) is 0. The van der Waals surface area contributed by atoms with Crippen LogP contribution in [0.5, 0.6) is 0 Å². The van der Waals surface area contributed by atoms with E-state index in [1.54, 1.807) is 17.4 Å². The van der Waals surface area contributed by atoms with Crippen LogP contribution in [0, 0.1) is 0 Å². The minimum atomic E-state index is -0.0150. The molecule has 0 spiro atoms. The van der Waals surface area contributed by atoms with Crippen molar-refractivity contribution < 1.29 is 4.42 Å². The van der Waals surface area contributed by atoms with Gasteiger partial charge in [-0.05, 0) is 45.7 Å². The van der Waals surface area contributed by atoms with Crippen molar-refractivity contribution in [1.29, 1.82) is 0 Å². The average molecular weight is 391 g/mol. The van der Waals surface area contributed by atoms with Crippen LogP contribution < -0.4 is 0 Å². The Labute approximate surface area is 118 Å². The molecule has 0 aliphatic rings. The third-order valence-corrected chi connectivity index (χ3v) is 5.75. The van der Waals surface area contributed by atoms with Crippen LogP contribution in [0.25, 0.3) is 0 Å². The largest absolute Gasteiger partial charge is 0.448 e. The van der Waals surface area contributed by atoms with E-state index in [4.69, 9.17) is 27.6 Å². The monoisotopic (exact) mass is 388 g/mol. The smallest absolute Gasteiger partial charge is 0.193 e. The first-order valence-electron chi connectivity index (χ1n) is 3.92. The summed E-state index contributed by atoms with van der Waals surface area (Å²) < 4.78 is 6.23. The Morgan fingerprint density at radius 3 is 2.53 bits per heavy atom. The number of hydrogen-bond acceptors (Lipinski definition) is 2. The van der Waals surface area contributed by atoms with Crippen molar-refractivity contribution in [1.82, 2.24) is 0 Å². The molecule has 0 amide bonds. The molecule has 6 heteroatoms. The van der Waals surface area contributed by atoms with E-state index in [2.05, 4.69) is 31.9 Å². The molecule has 0 aromatic carbocycles. The predicted molar refractivity (Wildman–Crippen MR) is 71.5 cm³/mol. The molecule has 0 aliphatic carbocycles. The lowest BCUT2D eigenvalue weighted by Crippen LogP contribution is -1.84. The van der Waals surface area contributed by atoms with E-state index in [0.717, 1.165) is 14.4 Å². The van der Waals surface area contributed by atoms with E-state index in [1.165, 1.54) is 0 Å². The van der Waals surface area contributed by atoms with Gasteiger partial charge < -0.3 is 4.42 Å². The Kier molecular flexibility index (Phi) is 3.83. The SMILES string of the molecule is Clc1ccc(C(Br)c2cc(Cl)c(Br)s2)o1. The molecular formula is C9H4Br2Cl2OS. The van der Waals surface area contributed by atoms with Gasteiger partial charge in [0.15, 0.2) is 5.22 Å². The normalized spacial score (nSPS) is 13.1. The third kappa shape index (κ3) is 2.61. The van der Waals surface area contributed by atoms with Crippen LogP contribution in [-0.2, 0) is 0 Å². The number of halogens is 4. The maximum Gasteiger partial charge on any atom is 0.193 e. The number of thiophene rings is 1. The van der Waals surface area contributed by atoms with Crippen LogP contribution in [0.1, 0.15) is 15.5 Å². The van der Waals surface area contributed by atoms with Crippen molar-refractivity contribution in [2.24, 2.45) is 0 Å². The van der Waals surface area contributed by atoms with E-state index < -0.39 is 0 Å². The summed E-state index contributed by atoms with van der Waals surface area (Å²) in [6, 6.07) is 5.45. The fourth-order valence-corrected chi connectivity index (χ4v) is 3.64. The Bertz CT molecular complexity index is 461. The molecule has 0 saturated heterocycles. The molecule has 0 radical (unpaired) electrons. The van der Waals surface area contributed by atoms with Crippen molar-refractivity contribution in [2.45, 2.75) is 4.83 Å². The van der Waals surface area contributed by atoms with Crippen molar-refractivity contribution in [3.05, 3.63) is 42.9 Å². The van der Waals surface area contributed by atoms with Gasteiger partial charge in [-0.15, -0.1) is 11.3 Å². The highest BCUT2D eigenvalue weighted by molar-refractivity contribution is 9.11. The fraction of sp³-hybridized carbons (Fsp3) is 0.111. The molecule has 2 aromatic heterocycles. The van der Waals surface area contributed by atoms with Gasteiger partial charge in [-0.3, -0.25) is 0 Å². The molecule has 80 valence electrons. The molecule has 0 fully saturated rings. The van der Waals surface area contributed by atoms with Gasteiger partial charge in [0.05, 0.1) is 8.81 Å². The second-order valence-corrected chi connectivity index (χ2v) is 6.87. The Hall–Kier alpha value is 0.520. The number of furan rings is 1. The van der Waals surface area contributed by atoms with Crippen molar-refractivity contribution in [2.75, 3.05) is 0 Å². The molecule has 0 saturated carbocycles. The molecule has 1 nitrogen and oxygen atoms in total. The lowest BCUT2D eigenvalue weighted by atomic mass is 10.3. The summed E-state index contributed by atoms with van der Waals surface area (Å²) in [5.41, 5.74) is 0. The highest BCUT2D eigenvalue weighted by Crippen LogP contribution is 2.41. The van der Waals surface area contributed by atoms with E-state index in [1.807, 2.05) is 12.1 Å². The summed E-state index contributed by atoms with van der Waals surface area (Å²) >= 11 is 20.1. The zero-order valence-electron chi connectivity index (χ0n) is 7.14. The first-order valence-corrected chi connectivity index (χ1v) is 7.20. The van der Waals surface area contributed by atoms with E-state index in [-0.39, 0.29) is 4.83 Å². The first kappa shape index (κ1) is 12.0. The minimum absolute atomic E-state index is 0.0150. The zero-order valence-corrected chi connectivity index (χ0v) is 12.6. The van der Waals surface area contributed by atoms with Gasteiger partial charge in [-0.1, -0.05) is 27.5 Å². The van der Waals surface area contributed by atoms with Crippen LogP contribution in [0.3, 0.4) is 0 Å². The van der Waals surface area contributed by atoms with Gasteiger partial charge in [0, 0.05) is 4.88 Å². The van der Waals surface area contributed by atoms with Crippen LogP contribution >= 0.6 is 66.4 Å². The van der Waals surface area contributed by atoms with E-state index >= 15 is 0 Å². The van der Waals surface area contributed by atoms with Crippen molar-refractivity contribution >= 4 is 66.4 Å². The minimum Gasteiger partial charge on any atom is -0.448 e. The van der Waals surface area contributed by atoms with Crippen LogP contribution in [0.2, 0.25) is 10.2 Å². The highest BCUT2D eigenvalue weighted by Gasteiger charge is 2.18. The molecule has 15 heavy (non-hydrogen) atoms. The second-order valence-electron chi connectivity index (χ2n) is 2.77. The zero-order chi connectivity index (χ0) is 11.0. The molecule has 1 atom stereocenters. The van der Waals surface area contributed by atoms with Gasteiger partial charge in [0.1, 0.15) is 10.6 Å². The lowest BCUT2D eigenvalue weighted by Gasteiger charge is -2.02. The maximum absolute atomic E-state index is 5.95. The summed E-state index contributed by atoms with van der Waals surface area (Å²) in [4.78, 5) is 1.05. The van der Waals surface area contributed by atoms with Crippen LogP contribution in [-0.4, -0.2) is 0 Å². The molecule has 2 aromatic rings. The summed E-state index contributed by atoms with van der Waals surface area (Å²) in [5.74, 6) is 0.769. The van der Waals surface area contributed by atoms with E-state index in [0.29, 0.717) is 10.2 Å². The molecule has 0 N–H and O–H groups in total. The maximum atomic E-state index is 5.95. The van der Waals surface area contributed by atoms with Gasteiger partial charge in [0.2, 0.25) is 0 Å². The third-order valence-electron chi connectivity index (χ3n) is 1.76. The Morgan fingerprint density at radius 1 is 1.33 bits per heavy atom. The fourth-order valence-electron chi connectivity index (χ4n) is 1.09. The first-order chi connectivity index (χ1) is 7.08. The van der Waals surface area contributed by atoms with Gasteiger partial charge in [0.25, 0.3) is 0 Å². The average Bonchev–Trinajstić information content (AvgIpc) is 2.74. The Balaban J connectivity index is 2.31. The molecule has 1 unspecified atom stereocenters. The van der Waals surface area contributed by atoms with Gasteiger partial charge in [-0.2, -0.15) is 0 Å². The van der Waals surface area contributed by atoms with Gasteiger partial charge in [-0.25, -0.2) is 0 Å². The van der Waals surface area contributed by atoms with Crippen molar-refractivity contribution in [3.63, 3.8) is 0 Å². The molecule has 0 aliphatic heterocycles. The molecule has 2 heterocycles. The number of rotatable bonds is 2. The standard InChI is InChI=1S/C9H4Br2Cl2OS/c10-8(5-1-2-7(13)14-5)6-3-4(12)9(11)15-6/h1-3,8H. The topological polar surface area (TPSA) is 13.1 Å². The summed E-state index contributed by atoms with van der Waals surface area (Å²) in [5, 5.41) is 1.09. The highest BCUT2D eigenvalue weighted by atomic mass is 79.9. The van der Waals surface area contributed by atoms with E-state index in [9.17, 15) is 0 Å². The predicted octanol–water partition coefficient (Wildman–Crippen LogP) is 5.89. The number of alkyl halides is 1. The van der Waals surface area contributed by atoms with Crippen LogP contribution in [0.15, 0.2) is 26.4 Å². The summed E-state index contributed by atoms with van der Waals surface area (Å²) in [6.07, 6.45) is 0. The lowest BCUT2D eigenvalue weighted by molar-refractivity contribution is 0.523. The van der Waals surface area contributed by atoms with Crippen LogP contribution in [0.4, 0.5) is 0 Å². The van der Waals surface area contributed by atoms with Gasteiger partial charge >= 0.3 is 0 Å². The quantitative estimate of drug-likeness (QED) is 0.582. The molecular weight excluding hydrogens is 387 g/mol. The Morgan fingerprint density at radius 2 is 2.07 bits per heavy atom. The second kappa shape index (κ2) is 4.80. The summed E-state index contributed by atoms with van der Waals surface area (Å²) in [6.45, 7) is 0. The van der Waals surface area contributed by atoms with Crippen molar-refractivity contribution in [3.8, 4) is 0 Å². The number of hydrogen-bond donors (Lipinski definition) is 0.